The number of hydrogen-bond acceptors (Lipinski definition) is 5. The van der Waals surface area contributed by atoms with Crippen molar-refractivity contribution in [3.63, 3.8) is 0 Å². The van der Waals surface area contributed by atoms with Crippen molar-refractivity contribution in [1.82, 2.24) is 9.97 Å². The predicted molar refractivity (Wildman–Crippen MR) is 61.1 cm³/mol. The quantitative estimate of drug-likeness (QED) is 0.780. The highest BCUT2D eigenvalue weighted by Gasteiger charge is 2.40. The summed E-state index contributed by atoms with van der Waals surface area (Å²) in [6, 6.07) is 2.16. The summed E-state index contributed by atoms with van der Waals surface area (Å²) in [6.07, 6.45) is 4.23. The Kier molecular flexibility index (Phi) is 2.21. The average molecular weight is 220 g/mol. The fourth-order valence-corrected chi connectivity index (χ4v) is 2.64. The summed E-state index contributed by atoms with van der Waals surface area (Å²) >= 11 is 0. The number of aromatic nitrogens is 2. The van der Waals surface area contributed by atoms with Crippen molar-refractivity contribution in [2.24, 2.45) is 0 Å². The minimum atomic E-state index is 0.349. The molecule has 1 aromatic heterocycles. The molecule has 16 heavy (non-hydrogen) atoms. The molecule has 3 rings (SSSR count). The summed E-state index contributed by atoms with van der Waals surface area (Å²) in [6.45, 7) is 1.85. The molecule has 0 aliphatic carbocycles. The summed E-state index contributed by atoms with van der Waals surface area (Å²) in [7, 11) is 0. The van der Waals surface area contributed by atoms with Gasteiger partial charge in [-0.3, -0.25) is 0 Å². The first-order valence-electron chi connectivity index (χ1n) is 5.74. The van der Waals surface area contributed by atoms with Crippen molar-refractivity contribution >= 4 is 11.6 Å². The van der Waals surface area contributed by atoms with Crippen LogP contribution in [0.15, 0.2) is 6.07 Å². The van der Waals surface area contributed by atoms with Crippen LogP contribution in [0.4, 0.5) is 11.6 Å². The molecule has 3 N–H and O–H groups in total. The average Bonchev–Trinajstić information content (AvgIpc) is 2.77. The number of fused-ring (bicyclic) bond motifs is 2. The molecule has 5 heteroatoms. The van der Waals surface area contributed by atoms with Crippen LogP contribution < -0.4 is 11.1 Å². The van der Waals surface area contributed by atoms with Crippen LogP contribution in [0.1, 0.15) is 25.1 Å². The van der Waals surface area contributed by atoms with Gasteiger partial charge < -0.3 is 15.8 Å². The number of hydrogen-bond donors (Lipinski definition) is 2. The maximum absolute atomic E-state index is 5.78. The first-order chi connectivity index (χ1) is 7.70. The van der Waals surface area contributed by atoms with Gasteiger partial charge in [-0.1, -0.05) is 0 Å². The van der Waals surface area contributed by atoms with Gasteiger partial charge in [0.05, 0.1) is 18.2 Å². The van der Waals surface area contributed by atoms with Crippen molar-refractivity contribution in [2.75, 3.05) is 11.1 Å². The lowest BCUT2D eigenvalue weighted by Gasteiger charge is -2.20. The third-order valence-corrected chi connectivity index (χ3v) is 3.30. The zero-order valence-corrected chi connectivity index (χ0v) is 9.31. The number of nitrogens with two attached hydrogens (primary N) is 1. The zero-order valence-electron chi connectivity index (χ0n) is 9.31. The van der Waals surface area contributed by atoms with Crippen molar-refractivity contribution < 1.29 is 4.74 Å². The molecule has 0 spiro atoms. The fourth-order valence-electron chi connectivity index (χ4n) is 2.64. The highest BCUT2D eigenvalue weighted by Crippen LogP contribution is 2.35. The smallest absolute Gasteiger partial charge is 0.132 e. The number of nitrogens with one attached hydrogen (secondary N) is 1. The second-order valence-electron chi connectivity index (χ2n) is 4.59. The minimum Gasteiger partial charge on any atom is -0.384 e. The van der Waals surface area contributed by atoms with E-state index in [1.165, 1.54) is 6.42 Å². The van der Waals surface area contributed by atoms with E-state index in [0.29, 0.717) is 29.9 Å². The molecule has 2 fully saturated rings. The Labute approximate surface area is 94.4 Å². The van der Waals surface area contributed by atoms with Crippen LogP contribution in [0.2, 0.25) is 0 Å². The van der Waals surface area contributed by atoms with E-state index in [4.69, 9.17) is 10.5 Å². The SMILES string of the molecule is Cc1nc(N)cc(NC2CC3CCC2O3)n1. The third-order valence-electron chi connectivity index (χ3n) is 3.30. The van der Waals surface area contributed by atoms with Crippen LogP contribution in [0.25, 0.3) is 0 Å². The highest BCUT2D eigenvalue weighted by atomic mass is 16.5. The fraction of sp³-hybridized carbons (Fsp3) is 0.636. The summed E-state index contributed by atoms with van der Waals surface area (Å²) < 4.78 is 5.78. The maximum Gasteiger partial charge on any atom is 0.132 e. The van der Waals surface area contributed by atoms with Gasteiger partial charge in [0, 0.05) is 6.07 Å². The highest BCUT2D eigenvalue weighted by molar-refractivity contribution is 5.45. The summed E-state index contributed by atoms with van der Waals surface area (Å²) in [5.41, 5.74) is 5.69. The summed E-state index contributed by atoms with van der Waals surface area (Å²) in [5, 5.41) is 3.40. The molecule has 3 heterocycles. The second kappa shape index (κ2) is 3.59. The molecule has 2 aliphatic heterocycles. The van der Waals surface area contributed by atoms with Gasteiger partial charge in [-0.25, -0.2) is 9.97 Å². The molecular formula is C11H16N4O. The van der Waals surface area contributed by atoms with E-state index in [1.54, 1.807) is 6.07 Å². The molecule has 3 atom stereocenters. The second-order valence-corrected chi connectivity index (χ2v) is 4.59. The van der Waals surface area contributed by atoms with E-state index in [-0.39, 0.29) is 0 Å². The lowest BCUT2D eigenvalue weighted by atomic mass is 9.95. The normalized spacial score (nSPS) is 31.9. The van der Waals surface area contributed by atoms with Crippen LogP contribution in [0, 0.1) is 6.92 Å². The van der Waals surface area contributed by atoms with Gasteiger partial charge in [-0.05, 0) is 26.2 Å². The number of ether oxygens (including phenoxy) is 1. The van der Waals surface area contributed by atoms with Crippen LogP contribution >= 0.6 is 0 Å². The van der Waals surface area contributed by atoms with E-state index in [2.05, 4.69) is 15.3 Å². The molecule has 2 saturated heterocycles. The Morgan fingerprint density at radius 3 is 2.94 bits per heavy atom. The van der Waals surface area contributed by atoms with Gasteiger partial charge in [0.25, 0.3) is 0 Å². The lowest BCUT2D eigenvalue weighted by Crippen LogP contribution is -2.30. The molecular weight excluding hydrogens is 204 g/mol. The predicted octanol–water partition coefficient (Wildman–Crippen LogP) is 1.10. The van der Waals surface area contributed by atoms with Crippen LogP contribution in [-0.2, 0) is 4.74 Å². The number of nitrogen functional groups attached to an aromatic ring is 1. The van der Waals surface area contributed by atoms with Crippen molar-refractivity contribution in [3.8, 4) is 0 Å². The van der Waals surface area contributed by atoms with Crippen LogP contribution in [-0.4, -0.2) is 28.2 Å². The molecule has 5 nitrogen and oxygen atoms in total. The number of nitrogens with zero attached hydrogens (tertiary/aromatic N) is 2. The Hall–Kier alpha value is -1.36. The largest absolute Gasteiger partial charge is 0.384 e. The number of anilines is 2. The van der Waals surface area contributed by atoms with Crippen molar-refractivity contribution in [2.45, 2.75) is 44.4 Å². The molecule has 2 aliphatic rings. The topological polar surface area (TPSA) is 73.1 Å². The van der Waals surface area contributed by atoms with E-state index >= 15 is 0 Å². The Morgan fingerprint density at radius 1 is 1.44 bits per heavy atom. The van der Waals surface area contributed by atoms with E-state index in [9.17, 15) is 0 Å². The van der Waals surface area contributed by atoms with E-state index in [1.807, 2.05) is 6.92 Å². The Balaban J connectivity index is 1.74. The lowest BCUT2D eigenvalue weighted by molar-refractivity contribution is 0.102. The molecule has 0 saturated carbocycles. The van der Waals surface area contributed by atoms with Gasteiger partial charge in [0.15, 0.2) is 0 Å². The molecule has 0 amide bonds. The van der Waals surface area contributed by atoms with Crippen LogP contribution in [0.5, 0.6) is 0 Å². The Morgan fingerprint density at radius 2 is 2.31 bits per heavy atom. The van der Waals surface area contributed by atoms with Gasteiger partial charge in [-0.15, -0.1) is 0 Å². The van der Waals surface area contributed by atoms with E-state index < -0.39 is 0 Å². The van der Waals surface area contributed by atoms with Crippen molar-refractivity contribution in [3.05, 3.63) is 11.9 Å². The standard InChI is InChI=1S/C11H16N4O/c1-6-13-10(12)5-11(14-6)15-8-4-7-2-3-9(8)16-7/h5,7-9H,2-4H2,1H3,(H3,12,13,14,15). The zero-order chi connectivity index (χ0) is 11.1. The molecule has 86 valence electrons. The van der Waals surface area contributed by atoms with Crippen molar-refractivity contribution in [1.29, 1.82) is 0 Å². The van der Waals surface area contributed by atoms with Gasteiger partial charge in [-0.2, -0.15) is 0 Å². The minimum absolute atomic E-state index is 0.349. The molecule has 2 bridgehead atoms. The Bertz CT molecular complexity index is 389. The van der Waals surface area contributed by atoms with Gasteiger partial charge in [0.1, 0.15) is 17.5 Å². The maximum atomic E-state index is 5.78. The first-order valence-corrected chi connectivity index (χ1v) is 5.74. The molecule has 3 unspecified atom stereocenters. The third kappa shape index (κ3) is 1.71. The number of aryl methyl sites for hydroxylation is 1. The molecule has 0 radical (unpaired) electrons. The van der Waals surface area contributed by atoms with Crippen LogP contribution in [0.3, 0.4) is 0 Å². The van der Waals surface area contributed by atoms with E-state index in [0.717, 1.165) is 18.7 Å². The monoisotopic (exact) mass is 220 g/mol. The van der Waals surface area contributed by atoms with Gasteiger partial charge in [0.2, 0.25) is 0 Å². The van der Waals surface area contributed by atoms with Gasteiger partial charge >= 0.3 is 0 Å². The molecule has 1 aromatic rings. The number of rotatable bonds is 2. The summed E-state index contributed by atoms with van der Waals surface area (Å²) in [4.78, 5) is 8.38. The first kappa shape index (κ1) is 9.84. The summed E-state index contributed by atoms with van der Waals surface area (Å²) in [5.74, 6) is 2.02. The molecule has 0 aromatic carbocycles.